The van der Waals surface area contributed by atoms with Crippen LogP contribution in [-0.4, -0.2) is 84.0 Å². The third-order valence-corrected chi connectivity index (χ3v) is 8.02. The van der Waals surface area contributed by atoms with E-state index >= 15 is 0 Å². The van der Waals surface area contributed by atoms with Crippen LogP contribution in [0.3, 0.4) is 0 Å². The van der Waals surface area contributed by atoms with Crippen LogP contribution in [-0.2, 0) is 25.5 Å². The van der Waals surface area contributed by atoms with Gasteiger partial charge in [-0.2, -0.15) is 0 Å². The van der Waals surface area contributed by atoms with Crippen LogP contribution in [0, 0.1) is 23.5 Å². The lowest BCUT2D eigenvalue weighted by molar-refractivity contribution is -0.141. The molecule has 0 saturated carbocycles. The van der Waals surface area contributed by atoms with E-state index in [1.54, 1.807) is 32.0 Å². The first-order valence-corrected chi connectivity index (χ1v) is 15.9. The van der Waals surface area contributed by atoms with Crippen LogP contribution >= 0.6 is 0 Å². The number of alkyl halides is 2. The lowest BCUT2D eigenvalue weighted by atomic mass is 9.96. The summed E-state index contributed by atoms with van der Waals surface area (Å²) in [6, 6.07) is 6.21. The maximum absolute atomic E-state index is 14.3. The van der Waals surface area contributed by atoms with Gasteiger partial charge in [0.1, 0.15) is 29.8 Å². The molecule has 4 N–H and O–H groups in total. The summed E-state index contributed by atoms with van der Waals surface area (Å²) in [5.74, 6) is -7.10. The van der Waals surface area contributed by atoms with Crippen molar-refractivity contribution in [1.29, 1.82) is 0 Å². The molecule has 2 aromatic carbocycles. The number of carbonyl (C=O) groups is 5. The highest BCUT2D eigenvalue weighted by atomic mass is 19.3. The lowest BCUT2D eigenvalue weighted by Gasteiger charge is -2.31. The van der Waals surface area contributed by atoms with Crippen LogP contribution in [0.1, 0.15) is 67.9 Å². The Morgan fingerprint density at radius 1 is 0.980 bits per heavy atom. The number of carboxylic acid groups (broad SMARTS) is 1. The number of carbonyl (C=O) groups excluding carboxylic acids is 4. The van der Waals surface area contributed by atoms with Gasteiger partial charge in [0.25, 0.3) is 0 Å². The number of alkyl carbamates (subject to hydrolysis) is 1. The second-order valence-corrected chi connectivity index (χ2v) is 12.7. The van der Waals surface area contributed by atoms with E-state index in [0.29, 0.717) is 12.1 Å². The van der Waals surface area contributed by atoms with E-state index in [2.05, 4.69) is 16.0 Å². The topological polar surface area (TPSA) is 154 Å². The van der Waals surface area contributed by atoms with Crippen molar-refractivity contribution in [2.45, 2.75) is 77.4 Å². The van der Waals surface area contributed by atoms with Crippen molar-refractivity contribution in [3.05, 3.63) is 70.8 Å². The normalized spacial score (nSPS) is 17.2. The second kappa shape index (κ2) is 17.6. The lowest BCUT2D eigenvalue weighted by Crippen LogP contribution is -2.57. The highest BCUT2D eigenvalue weighted by Crippen LogP contribution is 2.33. The Balaban J connectivity index is 1.79. The van der Waals surface area contributed by atoms with Crippen LogP contribution in [0.5, 0.6) is 0 Å². The summed E-state index contributed by atoms with van der Waals surface area (Å²) in [6.45, 7) is 6.85. The molecule has 1 fully saturated rings. The molecule has 268 valence electrons. The number of nitrogens with zero attached hydrogens (tertiary/aromatic N) is 1. The minimum Gasteiger partial charge on any atom is -0.478 e. The highest BCUT2D eigenvalue weighted by Gasteiger charge is 2.44. The first kappa shape index (κ1) is 38.8. The molecule has 0 aliphatic carbocycles. The fourth-order valence-corrected chi connectivity index (χ4v) is 5.47. The zero-order valence-electron chi connectivity index (χ0n) is 27.7. The molecule has 0 aromatic heterocycles. The maximum Gasteiger partial charge on any atom is 0.407 e. The zero-order valence-corrected chi connectivity index (χ0v) is 27.7. The van der Waals surface area contributed by atoms with Gasteiger partial charge in [0, 0.05) is 31.0 Å². The molecule has 1 aliphatic heterocycles. The largest absolute Gasteiger partial charge is 0.478 e. The zero-order chi connectivity index (χ0) is 36.4. The number of halogens is 4. The van der Waals surface area contributed by atoms with E-state index < -0.39 is 102 Å². The van der Waals surface area contributed by atoms with Crippen molar-refractivity contribution in [2.75, 3.05) is 19.7 Å². The number of hydrogen-bond acceptors (Lipinski definition) is 6. The Hall–Kier alpha value is -4.69. The third-order valence-electron chi connectivity index (χ3n) is 8.02. The predicted octanol–water partition coefficient (Wildman–Crippen LogP) is 4.25. The van der Waals surface area contributed by atoms with Crippen LogP contribution in [0.15, 0.2) is 42.5 Å². The van der Waals surface area contributed by atoms with Crippen LogP contribution < -0.4 is 16.0 Å². The van der Waals surface area contributed by atoms with E-state index in [4.69, 9.17) is 9.84 Å². The Kier molecular flexibility index (Phi) is 13.9. The number of carboxylic acids is 1. The summed E-state index contributed by atoms with van der Waals surface area (Å²) in [5, 5.41) is 16.2. The van der Waals surface area contributed by atoms with Gasteiger partial charge in [-0.3, -0.25) is 14.4 Å². The van der Waals surface area contributed by atoms with Gasteiger partial charge in [-0.1, -0.05) is 58.0 Å². The Morgan fingerprint density at radius 3 is 2.16 bits per heavy atom. The van der Waals surface area contributed by atoms with Gasteiger partial charge in [-0.25, -0.2) is 27.2 Å². The van der Waals surface area contributed by atoms with Gasteiger partial charge in [-0.15, -0.1) is 0 Å². The van der Waals surface area contributed by atoms with Crippen molar-refractivity contribution in [1.82, 2.24) is 20.9 Å². The fourth-order valence-electron chi connectivity index (χ4n) is 5.47. The summed E-state index contributed by atoms with van der Waals surface area (Å²) in [4.78, 5) is 65.4. The van der Waals surface area contributed by atoms with Crippen molar-refractivity contribution in [3.63, 3.8) is 0 Å². The Bertz CT molecular complexity index is 1470. The molecule has 1 saturated heterocycles. The molecule has 1 aliphatic rings. The molecule has 0 radical (unpaired) electrons. The number of aromatic carboxylic acids is 1. The van der Waals surface area contributed by atoms with Gasteiger partial charge in [0.2, 0.25) is 24.1 Å². The average Bonchev–Trinajstić information content (AvgIpc) is 3.49. The predicted molar refractivity (Wildman–Crippen MR) is 170 cm³/mol. The molecule has 11 nitrogen and oxygen atoms in total. The van der Waals surface area contributed by atoms with Crippen LogP contribution in [0.2, 0.25) is 0 Å². The van der Waals surface area contributed by atoms with E-state index in [9.17, 15) is 41.5 Å². The Labute approximate surface area is 281 Å². The van der Waals surface area contributed by atoms with Crippen LogP contribution in [0.25, 0.3) is 0 Å². The first-order valence-electron chi connectivity index (χ1n) is 15.9. The molecule has 0 bridgehead atoms. The molecule has 15 heteroatoms. The number of likely N-dealkylation sites (tertiary alicyclic amines) is 1. The quantitative estimate of drug-likeness (QED) is 0.203. The highest BCUT2D eigenvalue weighted by molar-refractivity contribution is 5.94. The smallest absolute Gasteiger partial charge is 0.407 e. The average molecular weight is 695 g/mol. The van der Waals surface area contributed by atoms with E-state index in [1.165, 1.54) is 4.90 Å². The number of rotatable bonds is 15. The van der Waals surface area contributed by atoms with Crippen molar-refractivity contribution in [3.8, 4) is 0 Å². The molecule has 4 atom stereocenters. The molecule has 2 aromatic rings. The van der Waals surface area contributed by atoms with Crippen molar-refractivity contribution >= 4 is 29.8 Å². The molecule has 1 unspecified atom stereocenters. The number of amides is 4. The summed E-state index contributed by atoms with van der Waals surface area (Å²) in [6.07, 6.45) is -5.27. The SMILES string of the molecule is CC(C)COC(=O)N[C@H](C(=O)N1C[C@H](c2ccccc2)CC1C(=O)N[C@@H](CC(F)F)C(=O)NCCc1c(F)cc(C(=O)O)cc1F)C(C)C. The standard InChI is InChI=1S/C34H42F4N4O7/c1-18(2)17-49-34(48)41-29(19(3)4)32(45)42-16-22(20-8-6-5-7-9-20)14-27(42)31(44)40-26(15-28(37)38)30(43)39-11-10-23-24(35)12-21(33(46)47)13-25(23)36/h5-9,12-13,18-19,22,26-29H,10-11,14-17H2,1-4H3,(H,39,43)(H,40,44)(H,41,48)(H,46,47)/t22-,26+,27?,29+/m1/s1. The van der Waals surface area contributed by atoms with Crippen molar-refractivity contribution in [2.24, 2.45) is 11.8 Å². The molecule has 0 spiro atoms. The van der Waals surface area contributed by atoms with E-state index in [-0.39, 0.29) is 31.4 Å². The Morgan fingerprint density at radius 2 is 1.61 bits per heavy atom. The van der Waals surface area contributed by atoms with Gasteiger partial charge in [-0.05, 0) is 42.4 Å². The third kappa shape index (κ3) is 10.9. The van der Waals surface area contributed by atoms with E-state index in [1.807, 2.05) is 26.0 Å². The van der Waals surface area contributed by atoms with Gasteiger partial charge in [0.15, 0.2) is 0 Å². The molecule has 4 amide bonds. The molecule has 1 heterocycles. The summed E-state index contributed by atoms with van der Waals surface area (Å²) in [5.41, 5.74) is -0.315. The van der Waals surface area contributed by atoms with Crippen LogP contribution in [0.4, 0.5) is 22.4 Å². The molecule has 3 rings (SSSR count). The van der Waals surface area contributed by atoms with Gasteiger partial charge >= 0.3 is 12.1 Å². The van der Waals surface area contributed by atoms with Crippen molar-refractivity contribution < 1.29 is 51.4 Å². The summed E-state index contributed by atoms with van der Waals surface area (Å²) in [7, 11) is 0. The monoisotopic (exact) mass is 694 g/mol. The summed E-state index contributed by atoms with van der Waals surface area (Å²) >= 11 is 0. The first-order chi connectivity index (χ1) is 23.1. The minimum atomic E-state index is -3.03. The molecular formula is C34H42F4N4O7. The number of benzene rings is 2. The molecular weight excluding hydrogens is 652 g/mol. The fraction of sp³-hybridized carbons (Fsp3) is 0.500. The van der Waals surface area contributed by atoms with E-state index in [0.717, 1.165) is 5.56 Å². The number of hydrogen-bond donors (Lipinski definition) is 4. The minimum absolute atomic E-state index is 0.0447. The number of nitrogens with one attached hydrogen (secondary N) is 3. The van der Waals surface area contributed by atoms with Gasteiger partial charge < -0.3 is 30.7 Å². The molecule has 49 heavy (non-hydrogen) atoms. The second-order valence-electron chi connectivity index (χ2n) is 12.7. The summed E-state index contributed by atoms with van der Waals surface area (Å²) < 4.78 is 61.0. The van der Waals surface area contributed by atoms with Gasteiger partial charge in [0.05, 0.1) is 12.2 Å². The number of ether oxygens (including phenoxy) is 1. The maximum atomic E-state index is 14.3.